The standard InChI is InChI=1S/C16H12F6O2/c1-24-13-9-5-4-8-12(13)14(23,16(20,21)22)10-6-2-3-7-11(10)15(17,18)19/h2-9,23H,1H3. The number of methoxy groups -OCH3 is 1. The minimum absolute atomic E-state index is 0.380. The summed E-state index contributed by atoms with van der Waals surface area (Å²) in [6, 6.07) is 7.55. The summed E-state index contributed by atoms with van der Waals surface area (Å²) < 4.78 is 85.3. The first-order valence-electron chi connectivity index (χ1n) is 6.62. The molecule has 0 aliphatic carbocycles. The molecule has 2 nitrogen and oxygen atoms in total. The summed E-state index contributed by atoms with van der Waals surface area (Å²) in [5.41, 5.74) is -7.59. The zero-order valence-corrected chi connectivity index (χ0v) is 12.2. The maximum absolute atomic E-state index is 13.7. The van der Waals surface area contributed by atoms with Gasteiger partial charge in [-0.1, -0.05) is 36.4 Å². The van der Waals surface area contributed by atoms with E-state index in [1.54, 1.807) is 0 Å². The number of benzene rings is 2. The molecule has 2 aromatic carbocycles. The maximum atomic E-state index is 13.7. The molecule has 2 rings (SSSR count). The number of para-hydroxylation sites is 1. The third-order valence-electron chi connectivity index (χ3n) is 3.53. The second-order valence-corrected chi connectivity index (χ2v) is 4.95. The van der Waals surface area contributed by atoms with Crippen LogP contribution < -0.4 is 4.74 Å². The van der Waals surface area contributed by atoms with Crippen molar-refractivity contribution < 1.29 is 36.2 Å². The Morgan fingerprint density at radius 3 is 1.67 bits per heavy atom. The fourth-order valence-corrected chi connectivity index (χ4v) is 2.44. The first-order chi connectivity index (χ1) is 11.0. The summed E-state index contributed by atoms with van der Waals surface area (Å²) in [6.45, 7) is 0. The van der Waals surface area contributed by atoms with Gasteiger partial charge in [0.1, 0.15) is 5.75 Å². The predicted octanol–water partition coefficient (Wildman–Crippen LogP) is 4.51. The molecular formula is C16H12F6O2. The van der Waals surface area contributed by atoms with E-state index in [2.05, 4.69) is 0 Å². The monoisotopic (exact) mass is 350 g/mol. The zero-order valence-electron chi connectivity index (χ0n) is 12.2. The van der Waals surface area contributed by atoms with E-state index < -0.39 is 34.6 Å². The number of hydrogen-bond acceptors (Lipinski definition) is 2. The summed E-state index contributed by atoms with van der Waals surface area (Å²) >= 11 is 0. The highest BCUT2D eigenvalue weighted by atomic mass is 19.4. The molecule has 0 amide bonds. The topological polar surface area (TPSA) is 29.5 Å². The van der Waals surface area contributed by atoms with Crippen molar-refractivity contribution in [2.45, 2.75) is 18.0 Å². The Hall–Kier alpha value is -2.22. The predicted molar refractivity (Wildman–Crippen MR) is 73.5 cm³/mol. The third kappa shape index (κ3) is 2.93. The van der Waals surface area contributed by atoms with Crippen molar-refractivity contribution in [1.82, 2.24) is 0 Å². The molecule has 2 aromatic rings. The largest absolute Gasteiger partial charge is 0.496 e. The number of hydrogen-bond donors (Lipinski definition) is 1. The first kappa shape index (κ1) is 18.1. The van der Waals surface area contributed by atoms with Crippen molar-refractivity contribution in [1.29, 1.82) is 0 Å². The van der Waals surface area contributed by atoms with E-state index in [1.807, 2.05) is 0 Å². The van der Waals surface area contributed by atoms with Gasteiger partial charge in [-0.15, -0.1) is 0 Å². The zero-order chi connectivity index (χ0) is 18.2. The Balaban J connectivity index is 2.86. The lowest BCUT2D eigenvalue weighted by atomic mass is 9.82. The fraction of sp³-hybridized carbons (Fsp3) is 0.250. The van der Waals surface area contributed by atoms with Crippen LogP contribution in [0.15, 0.2) is 48.5 Å². The third-order valence-corrected chi connectivity index (χ3v) is 3.53. The van der Waals surface area contributed by atoms with Crippen LogP contribution in [0.25, 0.3) is 0 Å². The Bertz CT molecular complexity index is 723. The molecule has 24 heavy (non-hydrogen) atoms. The average molecular weight is 350 g/mol. The molecule has 0 aromatic heterocycles. The van der Waals surface area contributed by atoms with Crippen molar-refractivity contribution in [2.75, 3.05) is 7.11 Å². The SMILES string of the molecule is COc1ccccc1C(O)(c1ccccc1C(F)(F)F)C(F)(F)F. The van der Waals surface area contributed by atoms with Gasteiger partial charge in [-0.3, -0.25) is 0 Å². The van der Waals surface area contributed by atoms with Gasteiger partial charge in [0.15, 0.2) is 0 Å². The van der Waals surface area contributed by atoms with Crippen molar-refractivity contribution in [3.63, 3.8) is 0 Å². The molecule has 1 unspecified atom stereocenters. The molecule has 0 bridgehead atoms. The lowest BCUT2D eigenvalue weighted by Gasteiger charge is -2.34. The van der Waals surface area contributed by atoms with E-state index in [-0.39, 0.29) is 5.75 Å². The Morgan fingerprint density at radius 2 is 1.21 bits per heavy atom. The van der Waals surface area contributed by atoms with Gasteiger partial charge in [-0.2, -0.15) is 26.3 Å². The molecule has 1 atom stereocenters. The van der Waals surface area contributed by atoms with E-state index in [1.165, 1.54) is 12.1 Å². The van der Waals surface area contributed by atoms with Gasteiger partial charge in [0, 0.05) is 11.1 Å². The van der Waals surface area contributed by atoms with Crippen LogP contribution >= 0.6 is 0 Å². The van der Waals surface area contributed by atoms with Gasteiger partial charge in [0.2, 0.25) is 5.60 Å². The van der Waals surface area contributed by atoms with Crippen LogP contribution in [-0.4, -0.2) is 18.4 Å². The highest BCUT2D eigenvalue weighted by molar-refractivity contribution is 5.49. The van der Waals surface area contributed by atoms with E-state index in [9.17, 15) is 31.4 Å². The Kier molecular flexibility index (Phi) is 4.54. The molecule has 0 spiro atoms. The number of ether oxygens (including phenoxy) is 1. The molecule has 0 aliphatic heterocycles. The van der Waals surface area contributed by atoms with Crippen LogP contribution in [0.5, 0.6) is 5.75 Å². The second kappa shape index (κ2) is 6.01. The number of halogens is 6. The normalized spacial score (nSPS) is 15.0. The van der Waals surface area contributed by atoms with Crippen LogP contribution in [0.2, 0.25) is 0 Å². The summed E-state index contributed by atoms with van der Waals surface area (Å²) in [5.74, 6) is -0.380. The van der Waals surface area contributed by atoms with Crippen LogP contribution in [-0.2, 0) is 11.8 Å². The first-order valence-corrected chi connectivity index (χ1v) is 6.62. The highest BCUT2D eigenvalue weighted by Crippen LogP contribution is 2.50. The molecule has 1 N–H and O–H groups in total. The second-order valence-electron chi connectivity index (χ2n) is 4.95. The molecule has 0 aliphatic rings. The fourth-order valence-electron chi connectivity index (χ4n) is 2.44. The molecule has 0 saturated carbocycles. The number of alkyl halides is 6. The lowest BCUT2D eigenvalue weighted by Crippen LogP contribution is -2.45. The molecule has 0 saturated heterocycles. The highest BCUT2D eigenvalue weighted by Gasteiger charge is 2.59. The summed E-state index contributed by atoms with van der Waals surface area (Å²) in [6.07, 6.45) is -10.5. The smallest absolute Gasteiger partial charge is 0.425 e. The van der Waals surface area contributed by atoms with E-state index in [0.29, 0.717) is 12.1 Å². The molecule has 0 heterocycles. The summed E-state index contributed by atoms with van der Waals surface area (Å²) in [5, 5.41) is 10.4. The van der Waals surface area contributed by atoms with Crippen LogP contribution in [0.3, 0.4) is 0 Å². The van der Waals surface area contributed by atoms with Gasteiger partial charge in [0.05, 0.1) is 12.7 Å². The number of rotatable bonds is 3. The van der Waals surface area contributed by atoms with E-state index in [4.69, 9.17) is 4.74 Å². The minimum Gasteiger partial charge on any atom is -0.496 e. The molecular weight excluding hydrogens is 338 g/mol. The quantitative estimate of drug-likeness (QED) is 0.826. The minimum atomic E-state index is -5.41. The van der Waals surface area contributed by atoms with Crippen LogP contribution in [0.4, 0.5) is 26.3 Å². The molecule has 0 radical (unpaired) electrons. The van der Waals surface area contributed by atoms with Gasteiger partial charge in [-0.05, 0) is 12.1 Å². The number of aliphatic hydroxyl groups is 1. The molecule has 0 fully saturated rings. The van der Waals surface area contributed by atoms with E-state index in [0.717, 1.165) is 31.4 Å². The molecule has 8 heteroatoms. The van der Waals surface area contributed by atoms with E-state index >= 15 is 0 Å². The lowest BCUT2D eigenvalue weighted by molar-refractivity contribution is -0.250. The van der Waals surface area contributed by atoms with Gasteiger partial charge < -0.3 is 9.84 Å². The van der Waals surface area contributed by atoms with Gasteiger partial charge in [-0.25, -0.2) is 0 Å². The summed E-state index contributed by atoms with van der Waals surface area (Å²) in [7, 11) is 1.06. The Morgan fingerprint density at radius 1 is 0.750 bits per heavy atom. The van der Waals surface area contributed by atoms with Crippen LogP contribution in [0.1, 0.15) is 16.7 Å². The van der Waals surface area contributed by atoms with Gasteiger partial charge in [0.25, 0.3) is 0 Å². The Labute approximate surface area is 133 Å². The van der Waals surface area contributed by atoms with Crippen molar-refractivity contribution in [2.24, 2.45) is 0 Å². The maximum Gasteiger partial charge on any atom is 0.425 e. The van der Waals surface area contributed by atoms with Crippen molar-refractivity contribution in [3.8, 4) is 5.75 Å². The molecule has 130 valence electrons. The van der Waals surface area contributed by atoms with Crippen molar-refractivity contribution >= 4 is 0 Å². The van der Waals surface area contributed by atoms with Gasteiger partial charge >= 0.3 is 12.4 Å². The summed E-state index contributed by atoms with van der Waals surface area (Å²) in [4.78, 5) is 0. The average Bonchev–Trinajstić information content (AvgIpc) is 2.52. The van der Waals surface area contributed by atoms with Crippen LogP contribution in [0, 0.1) is 0 Å². The van der Waals surface area contributed by atoms with Crippen molar-refractivity contribution in [3.05, 3.63) is 65.2 Å².